The highest BCUT2D eigenvalue weighted by atomic mass is 35.5. The summed E-state index contributed by atoms with van der Waals surface area (Å²) in [5.41, 5.74) is 1.83. The molecule has 1 N–H and O–H groups in total. The molecule has 0 radical (unpaired) electrons. The molecular weight excluding hydrogens is 272 g/mol. The van der Waals surface area contributed by atoms with Crippen molar-refractivity contribution in [1.29, 1.82) is 0 Å². The lowest BCUT2D eigenvalue weighted by Crippen LogP contribution is -2.21. The van der Waals surface area contributed by atoms with E-state index in [1.54, 1.807) is 6.92 Å². The topological polar surface area (TPSA) is 72.8 Å². The number of benzene rings is 1. The van der Waals surface area contributed by atoms with Gasteiger partial charge in [0, 0.05) is 5.88 Å². The highest BCUT2D eigenvalue weighted by molar-refractivity contribution is 6.17. The minimum atomic E-state index is -1.41. The lowest BCUT2D eigenvalue weighted by Gasteiger charge is -2.10. The second-order valence-electron chi connectivity index (χ2n) is 4.04. The monoisotopic (exact) mass is 286 g/mol. The number of halogens is 1. The average Bonchev–Trinajstić information content (AvgIpc) is 2.42. The fourth-order valence-corrected chi connectivity index (χ4v) is 1.46. The van der Waals surface area contributed by atoms with Crippen LogP contribution in [-0.2, 0) is 26.8 Å². The van der Waals surface area contributed by atoms with Crippen LogP contribution in [0.5, 0.6) is 0 Å². The molecule has 0 fully saturated rings. The van der Waals surface area contributed by atoms with Gasteiger partial charge in [0.25, 0.3) is 0 Å². The Labute approximate surface area is 116 Å². The summed E-state index contributed by atoms with van der Waals surface area (Å²) in [4.78, 5) is 21.7. The third-order valence-corrected chi connectivity index (χ3v) is 2.73. The Morgan fingerprint density at radius 1 is 1.21 bits per heavy atom. The van der Waals surface area contributed by atoms with Crippen LogP contribution in [-0.4, -0.2) is 23.8 Å². The van der Waals surface area contributed by atoms with E-state index in [0.29, 0.717) is 5.88 Å². The van der Waals surface area contributed by atoms with Gasteiger partial charge in [-0.3, -0.25) is 4.79 Å². The Morgan fingerprint density at radius 3 is 2.32 bits per heavy atom. The maximum absolute atomic E-state index is 11.5. The van der Waals surface area contributed by atoms with Gasteiger partial charge in [0.2, 0.25) is 0 Å². The molecule has 104 valence electrons. The molecule has 6 heteroatoms. The van der Waals surface area contributed by atoms with E-state index in [2.05, 4.69) is 4.74 Å². The maximum Gasteiger partial charge on any atom is 0.505 e. The van der Waals surface area contributed by atoms with Crippen LogP contribution in [0.3, 0.4) is 0 Å². The number of hydrogen-bond donors (Lipinski definition) is 1. The Morgan fingerprint density at radius 2 is 1.79 bits per heavy atom. The first-order valence-electron chi connectivity index (χ1n) is 5.69. The first kappa shape index (κ1) is 15.3. The highest BCUT2D eigenvalue weighted by Crippen LogP contribution is 2.09. The number of rotatable bonds is 6. The van der Waals surface area contributed by atoms with E-state index in [9.17, 15) is 9.59 Å². The summed E-state index contributed by atoms with van der Waals surface area (Å²) >= 11 is 5.66. The molecule has 1 unspecified atom stereocenters. The summed E-state index contributed by atoms with van der Waals surface area (Å²) in [6, 6.07) is 7.35. The standard InChI is InChI=1S/C13H15ClO5/c1-9(7-19-13(16)17)12(15)18-8-11-4-2-10(6-14)3-5-11/h2-5,9H,6-8H2,1H3,(H,16,17). The molecule has 19 heavy (non-hydrogen) atoms. The quantitative estimate of drug-likeness (QED) is 0.643. The van der Waals surface area contributed by atoms with Crippen molar-refractivity contribution in [1.82, 2.24) is 0 Å². The van der Waals surface area contributed by atoms with Crippen molar-refractivity contribution in [2.45, 2.75) is 19.4 Å². The molecular formula is C13H15ClO5. The van der Waals surface area contributed by atoms with Gasteiger partial charge in [0.05, 0.1) is 5.92 Å². The van der Waals surface area contributed by atoms with Crippen molar-refractivity contribution in [2.24, 2.45) is 5.92 Å². The van der Waals surface area contributed by atoms with E-state index >= 15 is 0 Å². The lowest BCUT2D eigenvalue weighted by atomic mass is 10.1. The van der Waals surface area contributed by atoms with Crippen molar-refractivity contribution in [3.8, 4) is 0 Å². The van der Waals surface area contributed by atoms with Crippen molar-refractivity contribution < 1.29 is 24.2 Å². The van der Waals surface area contributed by atoms with Gasteiger partial charge in [-0.2, -0.15) is 0 Å². The number of carboxylic acid groups (broad SMARTS) is 1. The second-order valence-corrected chi connectivity index (χ2v) is 4.30. The van der Waals surface area contributed by atoms with Crippen molar-refractivity contribution >= 4 is 23.7 Å². The average molecular weight is 287 g/mol. The predicted octanol–water partition coefficient (Wildman–Crippen LogP) is 2.80. The third kappa shape index (κ3) is 5.61. The first-order valence-corrected chi connectivity index (χ1v) is 6.22. The van der Waals surface area contributed by atoms with Crippen molar-refractivity contribution in [3.63, 3.8) is 0 Å². The number of carbonyl (C=O) groups is 2. The maximum atomic E-state index is 11.5. The van der Waals surface area contributed by atoms with Crippen LogP contribution < -0.4 is 0 Å². The molecule has 0 spiro atoms. The van der Waals surface area contributed by atoms with Crippen LogP contribution in [0.4, 0.5) is 4.79 Å². The van der Waals surface area contributed by atoms with Crippen LogP contribution in [0.15, 0.2) is 24.3 Å². The van der Waals surface area contributed by atoms with E-state index in [4.69, 9.17) is 21.4 Å². The van der Waals surface area contributed by atoms with Gasteiger partial charge in [-0.15, -0.1) is 11.6 Å². The van der Waals surface area contributed by atoms with E-state index < -0.39 is 18.0 Å². The Kier molecular flexibility index (Phi) is 6.15. The Hall–Kier alpha value is -1.75. The van der Waals surface area contributed by atoms with Crippen LogP contribution in [0.25, 0.3) is 0 Å². The molecule has 0 saturated heterocycles. The molecule has 0 amide bonds. The van der Waals surface area contributed by atoms with Gasteiger partial charge in [-0.1, -0.05) is 24.3 Å². The summed E-state index contributed by atoms with van der Waals surface area (Å²) in [5.74, 6) is -0.690. The summed E-state index contributed by atoms with van der Waals surface area (Å²) in [5, 5.41) is 8.32. The summed E-state index contributed by atoms with van der Waals surface area (Å²) in [6.07, 6.45) is -1.41. The molecule has 1 rings (SSSR count). The fraction of sp³-hybridized carbons (Fsp3) is 0.385. The Balaban J connectivity index is 2.38. The van der Waals surface area contributed by atoms with Gasteiger partial charge in [-0.05, 0) is 18.1 Å². The van der Waals surface area contributed by atoms with E-state index in [1.165, 1.54) is 0 Å². The SMILES string of the molecule is CC(COC(=O)O)C(=O)OCc1ccc(CCl)cc1. The van der Waals surface area contributed by atoms with Gasteiger partial charge >= 0.3 is 12.1 Å². The predicted molar refractivity (Wildman–Crippen MR) is 68.9 cm³/mol. The number of hydrogen-bond acceptors (Lipinski definition) is 4. The molecule has 1 aromatic carbocycles. The summed E-state index contributed by atoms with van der Waals surface area (Å²) in [7, 11) is 0. The number of esters is 1. The normalized spacial score (nSPS) is 11.7. The van der Waals surface area contributed by atoms with Crippen molar-refractivity contribution in [2.75, 3.05) is 6.61 Å². The third-order valence-electron chi connectivity index (χ3n) is 2.42. The summed E-state index contributed by atoms with van der Waals surface area (Å²) < 4.78 is 9.36. The molecule has 1 aromatic rings. The number of carbonyl (C=O) groups excluding carboxylic acids is 1. The zero-order valence-electron chi connectivity index (χ0n) is 10.5. The minimum Gasteiger partial charge on any atom is -0.461 e. The van der Waals surface area contributed by atoms with E-state index in [1.807, 2.05) is 24.3 Å². The largest absolute Gasteiger partial charge is 0.505 e. The van der Waals surface area contributed by atoms with Crippen LogP contribution in [0.1, 0.15) is 18.1 Å². The summed E-state index contributed by atoms with van der Waals surface area (Å²) in [6.45, 7) is 1.47. The molecule has 0 aliphatic carbocycles. The molecule has 0 saturated carbocycles. The van der Waals surface area contributed by atoms with Crippen LogP contribution >= 0.6 is 11.6 Å². The van der Waals surface area contributed by atoms with Gasteiger partial charge in [-0.25, -0.2) is 4.79 Å². The molecule has 1 atom stereocenters. The van der Waals surface area contributed by atoms with Crippen LogP contribution in [0.2, 0.25) is 0 Å². The van der Waals surface area contributed by atoms with Crippen LogP contribution in [0, 0.1) is 5.92 Å². The van der Waals surface area contributed by atoms with E-state index in [0.717, 1.165) is 11.1 Å². The molecule has 0 heterocycles. The zero-order chi connectivity index (χ0) is 14.3. The van der Waals surface area contributed by atoms with E-state index in [-0.39, 0.29) is 13.2 Å². The van der Waals surface area contributed by atoms with Gasteiger partial charge in [0.1, 0.15) is 13.2 Å². The van der Waals surface area contributed by atoms with Gasteiger partial charge in [0.15, 0.2) is 0 Å². The molecule has 0 aliphatic heterocycles. The number of alkyl halides is 1. The molecule has 5 nitrogen and oxygen atoms in total. The smallest absolute Gasteiger partial charge is 0.461 e. The van der Waals surface area contributed by atoms with Crippen molar-refractivity contribution in [3.05, 3.63) is 35.4 Å². The molecule has 0 aliphatic rings. The zero-order valence-corrected chi connectivity index (χ0v) is 11.2. The second kappa shape index (κ2) is 7.63. The van der Waals surface area contributed by atoms with Gasteiger partial charge < -0.3 is 14.6 Å². The Bertz CT molecular complexity index is 429. The number of ether oxygens (including phenoxy) is 2. The fourth-order valence-electron chi connectivity index (χ4n) is 1.29. The highest BCUT2D eigenvalue weighted by Gasteiger charge is 2.16. The molecule has 0 aromatic heterocycles. The molecule has 0 bridgehead atoms. The first-order chi connectivity index (χ1) is 9.02. The minimum absolute atomic E-state index is 0.138. The lowest BCUT2D eigenvalue weighted by molar-refractivity contribution is -0.150.